The van der Waals surface area contributed by atoms with Gasteiger partial charge in [0.1, 0.15) is 18.2 Å². The third-order valence-corrected chi connectivity index (χ3v) is 10.9. The monoisotopic (exact) mass is 989 g/mol. The number of alkyl halides is 3. The number of ether oxygens (including phenoxy) is 8. The van der Waals surface area contributed by atoms with Gasteiger partial charge in [0, 0.05) is 78.8 Å². The number of nitrogens with two attached hydrogens (primary N) is 1. The largest absolute Gasteiger partial charge is 0.382 e. The predicted molar refractivity (Wildman–Crippen MR) is 235 cm³/mol. The van der Waals surface area contributed by atoms with E-state index in [-0.39, 0.29) is 42.4 Å². The number of halogens is 3. The number of benzene rings is 1. The number of carbonyl (C=O) groups is 2. The van der Waals surface area contributed by atoms with Crippen LogP contribution in [0.15, 0.2) is 65.9 Å². The van der Waals surface area contributed by atoms with Crippen LogP contribution in [0, 0.1) is 5.92 Å². The van der Waals surface area contributed by atoms with E-state index in [9.17, 15) is 18.4 Å². The number of nitrogens with zero attached hydrogens (tertiary/aromatic N) is 2. The van der Waals surface area contributed by atoms with Crippen molar-refractivity contribution >= 4 is 40.1 Å². The fourth-order valence-corrected chi connectivity index (χ4v) is 7.49. The van der Waals surface area contributed by atoms with Crippen molar-refractivity contribution in [2.24, 2.45) is 11.7 Å². The number of rotatable bonds is 29. The maximum atomic E-state index is 13.8. The Morgan fingerprint density at radius 3 is 1.98 bits per heavy atom. The highest BCUT2D eigenvalue weighted by atomic mass is 127. The van der Waals surface area contributed by atoms with Crippen LogP contribution in [0.4, 0.5) is 8.78 Å². The van der Waals surface area contributed by atoms with Gasteiger partial charge in [-0.15, -0.1) is 0 Å². The number of hydrogen-bond acceptors (Lipinski definition) is 15. The molecular formula is C42H62F2IN7O10. The highest BCUT2D eigenvalue weighted by Crippen LogP contribution is 2.36. The quantitative estimate of drug-likeness (QED) is 0.0448. The first-order valence-electron chi connectivity index (χ1n) is 21.1. The summed E-state index contributed by atoms with van der Waals surface area (Å²) in [4.78, 5) is 30.3. The Labute approximate surface area is 376 Å². The van der Waals surface area contributed by atoms with E-state index >= 15 is 0 Å². The van der Waals surface area contributed by atoms with E-state index in [1.54, 1.807) is 19.2 Å². The van der Waals surface area contributed by atoms with Crippen LogP contribution in [-0.4, -0.2) is 164 Å². The molecule has 0 aromatic heterocycles. The Balaban J connectivity index is 0.932. The van der Waals surface area contributed by atoms with Gasteiger partial charge in [-0.25, -0.2) is 0 Å². The zero-order chi connectivity index (χ0) is 44.0. The number of piperidine rings is 1. The molecule has 1 fully saturated rings. The normalized spacial score (nSPS) is 20.0. The third-order valence-electron chi connectivity index (χ3n) is 10.2. The summed E-state index contributed by atoms with van der Waals surface area (Å²) >= 11 is 1.07. The number of likely N-dealkylation sites (tertiary alicyclic amines) is 1. The van der Waals surface area contributed by atoms with Gasteiger partial charge in [-0.2, -0.15) is 8.78 Å². The second-order valence-corrected chi connectivity index (χ2v) is 16.0. The molecule has 1 saturated heterocycles. The molecule has 0 spiro atoms. The van der Waals surface area contributed by atoms with Crippen molar-refractivity contribution in [2.75, 3.05) is 126 Å². The summed E-state index contributed by atoms with van der Waals surface area (Å²) in [5.41, 5.74) is 9.28. The topological polar surface area (TPSA) is 189 Å². The standard InChI is InChI=1S/C42H62F2IN7O10/c1-55-15-16-57-19-20-59-23-24-61-27-28-62-26-25-60-22-21-58-18-17-56-14-9-36(53)51-12-2-3-33(30-51)40-50-37(38-39(46)48-11-13-52(38)40)31-4-6-32(7-5-31)41(54)49-35-29-34(8-10-47-35)42(43,44)45/h4-8,11,13,29,33,39-40,47-48,50H,2-3,9-10,12,14-28,30,46H2,1H3,(H,49,54). The van der Waals surface area contributed by atoms with Gasteiger partial charge in [-0.1, -0.05) is 18.2 Å². The number of nitrogens with one attached hydrogen (secondary N) is 4. The molecule has 62 heavy (non-hydrogen) atoms. The minimum absolute atomic E-state index is 0.0460. The van der Waals surface area contributed by atoms with Gasteiger partial charge in [-0.05, 0) is 36.6 Å². The molecule has 17 nitrogen and oxygen atoms in total. The molecule has 20 heteroatoms. The summed E-state index contributed by atoms with van der Waals surface area (Å²) in [5, 5.41) is 12.5. The van der Waals surface area contributed by atoms with E-state index in [1.165, 1.54) is 12.2 Å². The van der Waals surface area contributed by atoms with Crippen LogP contribution in [0.25, 0.3) is 5.70 Å². The van der Waals surface area contributed by atoms with E-state index in [2.05, 4.69) is 26.2 Å². The number of fused-ring (bicyclic) bond motifs is 1. The van der Waals surface area contributed by atoms with Gasteiger partial charge in [0.15, 0.2) is 0 Å². The van der Waals surface area contributed by atoms with Crippen LogP contribution in [-0.2, 0) is 42.7 Å². The zero-order valence-corrected chi connectivity index (χ0v) is 37.5. The number of amides is 2. The van der Waals surface area contributed by atoms with Crippen LogP contribution >= 0.6 is 22.6 Å². The molecule has 0 aliphatic carbocycles. The molecule has 5 rings (SSSR count). The number of carbonyl (C=O) groups excluding carboxylic acids is 2. The number of dihydropyridines is 1. The third kappa shape index (κ3) is 16.3. The minimum atomic E-state index is -3.04. The SMILES string of the molecule is COCCOCCOCCOCCOCCOCCOCCOCCC(=O)N1CCCC(C2NC(c3ccc(C(=O)NC4=CC(C(F)(F)I)=CCN4)cc3)=C3C(N)NC=CN32)C1. The van der Waals surface area contributed by atoms with Gasteiger partial charge in [-0.3, -0.25) is 9.59 Å². The highest BCUT2D eigenvalue weighted by Gasteiger charge is 2.41. The predicted octanol–water partition coefficient (Wildman–Crippen LogP) is 2.47. The van der Waals surface area contributed by atoms with Crippen molar-refractivity contribution < 1.29 is 56.3 Å². The molecule has 3 atom stereocenters. The molecule has 0 bridgehead atoms. The lowest BCUT2D eigenvalue weighted by atomic mass is 9.94. The Morgan fingerprint density at radius 2 is 1.42 bits per heavy atom. The lowest BCUT2D eigenvalue weighted by Crippen LogP contribution is -2.52. The van der Waals surface area contributed by atoms with Crippen LogP contribution < -0.4 is 27.0 Å². The molecule has 6 N–H and O–H groups in total. The second kappa shape index (κ2) is 27.0. The van der Waals surface area contributed by atoms with Gasteiger partial charge in [0.2, 0.25) is 5.91 Å². The van der Waals surface area contributed by atoms with Crippen molar-refractivity contribution in [1.29, 1.82) is 0 Å². The van der Waals surface area contributed by atoms with Crippen LogP contribution in [0.1, 0.15) is 35.2 Å². The average molecular weight is 990 g/mol. The lowest BCUT2D eigenvalue weighted by molar-refractivity contribution is -0.134. The first-order chi connectivity index (χ1) is 30.2. The van der Waals surface area contributed by atoms with Crippen molar-refractivity contribution in [3.05, 3.63) is 77.0 Å². The van der Waals surface area contributed by atoms with Crippen molar-refractivity contribution in [1.82, 2.24) is 31.1 Å². The maximum Gasteiger partial charge on any atom is 0.321 e. The molecule has 346 valence electrons. The minimum Gasteiger partial charge on any atom is -0.382 e. The van der Waals surface area contributed by atoms with Crippen molar-refractivity contribution in [2.45, 2.75) is 35.5 Å². The average Bonchev–Trinajstić information content (AvgIpc) is 3.67. The van der Waals surface area contributed by atoms with E-state index in [0.717, 1.165) is 52.4 Å². The highest BCUT2D eigenvalue weighted by molar-refractivity contribution is 14.1. The van der Waals surface area contributed by atoms with Crippen LogP contribution in [0.5, 0.6) is 0 Å². The smallest absolute Gasteiger partial charge is 0.321 e. The van der Waals surface area contributed by atoms with Crippen LogP contribution in [0.2, 0.25) is 0 Å². The summed E-state index contributed by atoms with van der Waals surface area (Å²) < 4.78 is 68.1. The number of methoxy groups -OCH3 is 1. The molecule has 1 aromatic rings. The Bertz CT molecular complexity index is 1670. The Kier molecular flexibility index (Phi) is 21.6. The lowest BCUT2D eigenvalue weighted by Gasteiger charge is -2.40. The van der Waals surface area contributed by atoms with Gasteiger partial charge in [0.25, 0.3) is 5.91 Å². The molecule has 4 aliphatic heterocycles. The molecule has 0 saturated carbocycles. The molecule has 1 aromatic carbocycles. The maximum absolute atomic E-state index is 13.8. The van der Waals surface area contributed by atoms with Crippen LogP contribution in [0.3, 0.4) is 0 Å². The summed E-state index contributed by atoms with van der Waals surface area (Å²) in [6.45, 7) is 8.51. The molecule has 2 amide bonds. The molecule has 0 radical (unpaired) electrons. The van der Waals surface area contributed by atoms with Gasteiger partial charge < -0.3 is 74.7 Å². The zero-order valence-electron chi connectivity index (χ0n) is 35.4. The summed E-state index contributed by atoms with van der Waals surface area (Å²) in [6.07, 6.45) is 7.84. The second-order valence-electron chi connectivity index (χ2n) is 14.6. The van der Waals surface area contributed by atoms with Crippen molar-refractivity contribution in [3.8, 4) is 0 Å². The molecule has 4 heterocycles. The number of hydrogen-bond donors (Lipinski definition) is 5. The fraction of sp³-hybridized carbons (Fsp3) is 0.619. The van der Waals surface area contributed by atoms with E-state index in [1.807, 2.05) is 29.4 Å². The first-order valence-corrected chi connectivity index (χ1v) is 22.2. The van der Waals surface area contributed by atoms with Gasteiger partial charge in [0.05, 0.1) is 117 Å². The Morgan fingerprint density at radius 1 is 0.855 bits per heavy atom. The molecular weight excluding hydrogens is 927 g/mol. The first kappa shape index (κ1) is 49.6. The summed E-state index contributed by atoms with van der Waals surface area (Å²) in [7, 11) is 1.64. The summed E-state index contributed by atoms with van der Waals surface area (Å²) in [5.74, 6) is -0.0588. The van der Waals surface area contributed by atoms with Gasteiger partial charge >= 0.3 is 3.93 Å². The molecule has 4 aliphatic rings. The number of allylic oxidation sites excluding steroid dienone is 2. The molecule has 3 unspecified atom stereocenters. The summed E-state index contributed by atoms with van der Waals surface area (Å²) in [6, 6.07) is 7.04. The Hall–Kier alpha value is -3.45. The fourth-order valence-electron chi connectivity index (χ4n) is 7.11. The van der Waals surface area contributed by atoms with E-state index < -0.39 is 16.0 Å². The van der Waals surface area contributed by atoms with E-state index in [0.29, 0.717) is 118 Å². The van der Waals surface area contributed by atoms with Crippen molar-refractivity contribution in [3.63, 3.8) is 0 Å². The van der Waals surface area contributed by atoms with E-state index in [4.69, 9.17) is 43.6 Å².